The van der Waals surface area contributed by atoms with Gasteiger partial charge in [0.25, 0.3) is 0 Å². The highest BCUT2D eigenvalue weighted by Gasteiger charge is 2.43. The van der Waals surface area contributed by atoms with Crippen LogP contribution in [0.3, 0.4) is 0 Å². The van der Waals surface area contributed by atoms with Crippen molar-refractivity contribution in [2.75, 3.05) is 0 Å². The van der Waals surface area contributed by atoms with E-state index in [2.05, 4.69) is 15.2 Å². The molecular formula is C12H14ClN3OS. The number of nitrogens with one attached hydrogen (secondary N) is 1. The fourth-order valence-electron chi connectivity index (χ4n) is 2.74. The second-order valence-electron chi connectivity index (χ2n) is 4.70. The van der Waals surface area contributed by atoms with E-state index in [0.29, 0.717) is 4.34 Å². The molecule has 3 rings (SSSR count). The van der Waals surface area contributed by atoms with E-state index in [1.807, 2.05) is 12.1 Å². The summed E-state index contributed by atoms with van der Waals surface area (Å²) < 4.78 is 0.709. The van der Waals surface area contributed by atoms with Crippen molar-refractivity contribution >= 4 is 22.9 Å². The third kappa shape index (κ3) is 1.96. The van der Waals surface area contributed by atoms with Crippen LogP contribution in [-0.4, -0.2) is 20.3 Å². The SMILES string of the molecule is OC1(c2ccc(Cl)s2)CCCCC1c1ncn[nH]1. The zero-order chi connectivity index (χ0) is 12.6. The average molecular weight is 284 g/mol. The van der Waals surface area contributed by atoms with Crippen molar-refractivity contribution in [3.05, 3.63) is 33.5 Å². The van der Waals surface area contributed by atoms with Gasteiger partial charge in [-0.3, -0.25) is 5.10 Å². The molecule has 0 spiro atoms. The highest BCUT2D eigenvalue weighted by atomic mass is 35.5. The number of halogens is 1. The van der Waals surface area contributed by atoms with Gasteiger partial charge in [-0.2, -0.15) is 5.10 Å². The van der Waals surface area contributed by atoms with E-state index in [1.165, 1.54) is 17.7 Å². The first-order valence-electron chi connectivity index (χ1n) is 6.03. The number of aromatic nitrogens is 3. The fourth-order valence-corrected chi connectivity index (χ4v) is 3.96. The number of hydrogen-bond acceptors (Lipinski definition) is 4. The Kier molecular flexibility index (Phi) is 3.13. The van der Waals surface area contributed by atoms with Gasteiger partial charge >= 0.3 is 0 Å². The molecule has 6 heteroatoms. The van der Waals surface area contributed by atoms with E-state index < -0.39 is 5.60 Å². The van der Waals surface area contributed by atoms with Gasteiger partial charge in [0.1, 0.15) is 17.8 Å². The van der Waals surface area contributed by atoms with Crippen LogP contribution in [0.2, 0.25) is 4.34 Å². The normalized spacial score (nSPS) is 28.4. The molecule has 2 atom stereocenters. The lowest BCUT2D eigenvalue weighted by molar-refractivity contribution is -0.0217. The maximum Gasteiger partial charge on any atom is 0.137 e. The van der Waals surface area contributed by atoms with Gasteiger partial charge in [-0.1, -0.05) is 24.4 Å². The summed E-state index contributed by atoms with van der Waals surface area (Å²) in [6, 6.07) is 3.76. The summed E-state index contributed by atoms with van der Waals surface area (Å²) in [6.45, 7) is 0. The molecule has 0 radical (unpaired) electrons. The molecule has 1 aliphatic carbocycles. The second kappa shape index (κ2) is 4.64. The average Bonchev–Trinajstić information content (AvgIpc) is 3.00. The van der Waals surface area contributed by atoms with Crippen molar-refractivity contribution in [2.45, 2.75) is 37.2 Å². The van der Waals surface area contributed by atoms with E-state index in [-0.39, 0.29) is 5.92 Å². The number of aliphatic hydroxyl groups is 1. The highest BCUT2D eigenvalue weighted by molar-refractivity contribution is 7.16. The van der Waals surface area contributed by atoms with Crippen LogP contribution in [0.4, 0.5) is 0 Å². The maximum absolute atomic E-state index is 11.1. The van der Waals surface area contributed by atoms with Gasteiger partial charge < -0.3 is 5.11 Å². The van der Waals surface area contributed by atoms with E-state index in [4.69, 9.17) is 11.6 Å². The molecule has 4 nitrogen and oxygen atoms in total. The number of hydrogen-bond donors (Lipinski definition) is 2. The van der Waals surface area contributed by atoms with Crippen LogP contribution >= 0.6 is 22.9 Å². The van der Waals surface area contributed by atoms with Crippen LogP contribution in [-0.2, 0) is 5.60 Å². The molecule has 1 aliphatic rings. The summed E-state index contributed by atoms with van der Waals surface area (Å²) in [4.78, 5) is 5.14. The Hall–Kier alpha value is -0.910. The molecule has 2 heterocycles. The minimum Gasteiger partial charge on any atom is -0.384 e. The molecule has 1 fully saturated rings. The van der Waals surface area contributed by atoms with Crippen molar-refractivity contribution in [3.8, 4) is 0 Å². The van der Waals surface area contributed by atoms with Gasteiger partial charge in [-0.05, 0) is 25.0 Å². The number of thiophene rings is 1. The Labute approximate surface area is 114 Å². The molecule has 2 unspecified atom stereocenters. The summed E-state index contributed by atoms with van der Waals surface area (Å²) in [5, 5.41) is 17.8. The second-order valence-corrected chi connectivity index (χ2v) is 6.41. The van der Waals surface area contributed by atoms with Crippen molar-refractivity contribution < 1.29 is 5.11 Å². The van der Waals surface area contributed by atoms with Gasteiger partial charge in [0, 0.05) is 4.88 Å². The van der Waals surface area contributed by atoms with Gasteiger partial charge in [0.05, 0.1) is 10.3 Å². The maximum atomic E-state index is 11.1. The van der Waals surface area contributed by atoms with Crippen molar-refractivity contribution in [3.63, 3.8) is 0 Å². The van der Waals surface area contributed by atoms with Crippen LogP contribution in [0.25, 0.3) is 0 Å². The number of aromatic amines is 1. The quantitative estimate of drug-likeness (QED) is 0.890. The number of rotatable bonds is 2. The Morgan fingerprint density at radius 2 is 2.33 bits per heavy atom. The van der Waals surface area contributed by atoms with E-state index in [9.17, 15) is 5.11 Å². The van der Waals surface area contributed by atoms with Crippen LogP contribution in [0.1, 0.15) is 42.3 Å². The molecule has 2 aromatic heterocycles. The van der Waals surface area contributed by atoms with Gasteiger partial charge in [-0.15, -0.1) is 11.3 Å². The lowest BCUT2D eigenvalue weighted by Crippen LogP contribution is -2.36. The number of H-pyrrole nitrogens is 1. The van der Waals surface area contributed by atoms with Crippen LogP contribution < -0.4 is 0 Å². The molecule has 96 valence electrons. The first-order chi connectivity index (χ1) is 8.70. The monoisotopic (exact) mass is 283 g/mol. The van der Waals surface area contributed by atoms with Gasteiger partial charge in [0.15, 0.2) is 0 Å². The molecule has 2 aromatic rings. The summed E-state index contributed by atoms with van der Waals surface area (Å²) in [5.41, 5.74) is -0.865. The van der Waals surface area contributed by atoms with Gasteiger partial charge in [0.2, 0.25) is 0 Å². The fraction of sp³-hybridized carbons (Fsp3) is 0.500. The molecule has 2 N–H and O–H groups in total. The minimum atomic E-state index is -0.865. The molecule has 18 heavy (non-hydrogen) atoms. The van der Waals surface area contributed by atoms with Gasteiger partial charge in [-0.25, -0.2) is 4.98 Å². The Morgan fingerprint density at radius 3 is 3.00 bits per heavy atom. The Balaban J connectivity index is 2.01. The molecule has 1 saturated carbocycles. The first-order valence-corrected chi connectivity index (χ1v) is 7.23. The largest absolute Gasteiger partial charge is 0.384 e. The number of nitrogens with zero attached hydrogens (tertiary/aromatic N) is 2. The molecule has 0 aliphatic heterocycles. The Bertz CT molecular complexity index is 527. The zero-order valence-electron chi connectivity index (χ0n) is 9.77. The lowest BCUT2D eigenvalue weighted by atomic mass is 9.74. The van der Waals surface area contributed by atoms with Crippen LogP contribution in [0, 0.1) is 0 Å². The first kappa shape index (κ1) is 12.1. The third-order valence-electron chi connectivity index (χ3n) is 3.64. The predicted molar refractivity (Wildman–Crippen MR) is 70.8 cm³/mol. The molecule has 0 amide bonds. The predicted octanol–water partition coefficient (Wildman–Crippen LogP) is 3.07. The molecule has 0 bridgehead atoms. The molecular weight excluding hydrogens is 270 g/mol. The van der Waals surface area contributed by atoms with E-state index in [0.717, 1.165) is 36.4 Å². The smallest absolute Gasteiger partial charge is 0.137 e. The summed E-state index contributed by atoms with van der Waals surface area (Å²) in [7, 11) is 0. The lowest BCUT2D eigenvalue weighted by Gasteiger charge is -2.38. The van der Waals surface area contributed by atoms with Crippen molar-refractivity contribution in [1.82, 2.24) is 15.2 Å². The standard InChI is InChI=1S/C12H14ClN3OS/c13-10-5-4-9(18-10)12(17)6-2-1-3-8(12)11-14-7-15-16-11/h4-5,7-8,17H,1-3,6H2,(H,14,15,16). The van der Waals surface area contributed by atoms with Crippen molar-refractivity contribution in [1.29, 1.82) is 0 Å². The van der Waals surface area contributed by atoms with Crippen LogP contribution in [0.5, 0.6) is 0 Å². The van der Waals surface area contributed by atoms with Crippen LogP contribution in [0.15, 0.2) is 18.5 Å². The topological polar surface area (TPSA) is 61.8 Å². The van der Waals surface area contributed by atoms with E-state index in [1.54, 1.807) is 0 Å². The zero-order valence-corrected chi connectivity index (χ0v) is 11.3. The van der Waals surface area contributed by atoms with Crippen molar-refractivity contribution in [2.24, 2.45) is 0 Å². The summed E-state index contributed by atoms with van der Waals surface area (Å²) >= 11 is 7.43. The third-order valence-corrected chi connectivity index (χ3v) is 5.04. The molecule has 0 aromatic carbocycles. The summed E-state index contributed by atoms with van der Waals surface area (Å²) in [6.07, 6.45) is 5.28. The highest BCUT2D eigenvalue weighted by Crippen LogP contribution is 2.48. The summed E-state index contributed by atoms with van der Waals surface area (Å²) in [5.74, 6) is 0.741. The Morgan fingerprint density at radius 1 is 1.44 bits per heavy atom. The van der Waals surface area contributed by atoms with E-state index >= 15 is 0 Å². The minimum absolute atomic E-state index is 0.0246. The molecule has 0 saturated heterocycles.